The third-order valence-electron chi connectivity index (χ3n) is 3.30. The Morgan fingerprint density at radius 3 is 2.56 bits per heavy atom. The number of hydrogen-bond acceptors (Lipinski definition) is 1. The normalized spacial score (nSPS) is 14.5. The molecule has 0 aliphatic heterocycles. The third kappa shape index (κ3) is 4.46. The van der Waals surface area contributed by atoms with Crippen molar-refractivity contribution in [3.05, 3.63) is 33.8 Å². The molecule has 1 aromatic carbocycles. The number of nitrogens with one attached hydrogen (secondary N) is 1. The monoisotopic (exact) mass is 287 g/mol. The molecule has 102 valence electrons. The van der Waals surface area contributed by atoms with E-state index in [0.717, 1.165) is 25.1 Å². The van der Waals surface area contributed by atoms with Crippen molar-refractivity contribution < 1.29 is 0 Å². The van der Waals surface area contributed by atoms with Gasteiger partial charge in [-0.25, -0.2) is 0 Å². The standard InChI is InChI=1S/C15H23Cl2N/c1-4-9-15(3,11-18-5-2)10-12-7-6-8-13(16)14(12)17/h6-8,18H,4-5,9-11H2,1-3H3. The SMILES string of the molecule is CCCC(C)(CNCC)Cc1cccc(Cl)c1Cl. The number of halogens is 2. The maximum atomic E-state index is 6.28. The summed E-state index contributed by atoms with van der Waals surface area (Å²) in [5.74, 6) is 0. The molecule has 1 unspecified atom stereocenters. The first-order valence-electron chi connectivity index (χ1n) is 6.66. The van der Waals surface area contributed by atoms with Crippen LogP contribution in [0.1, 0.15) is 39.2 Å². The van der Waals surface area contributed by atoms with E-state index in [0.29, 0.717) is 10.0 Å². The summed E-state index contributed by atoms with van der Waals surface area (Å²) >= 11 is 12.4. The molecule has 0 fully saturated rings. The minimum Gasteiger partial charge on any atom is -0.316 e. The second-order valence-electron chi connectivity index (χ2n) is 5.23. The lowest BCUT2D eigenvalue weighted by atomic mass is 9.79. The molecule has 0 bridgehead atoms. The van der Waals surface area contributed by atoms with Gasteiger partial charge in [0.2, 0.25) is 0 Å². The van der Waals surface area contributed by atoms with Gasteiger partial charge >= 0.3 is 0 Å². The Balaban J connectivity index is 2.85. The summed E-state index contributed by atoms with van der Waals surface area (Å²) in [4.78, 5) is 0. The van der Waals surface area contributed by atoms with Gasteiger partial charge in [-0.15, -0.1) is 0 Å². The fraction of sp³-hybridized carbons (Fsp3) is 0.600. The summed E-state index contributed by atoms with van der Waals surface area (Å²) < 4.78 is 0. The minimum absolute atomic E-state index is 0.235. The molecule has 18 heavy (non-hydrogen) atoms. The van der Waals surface area contributed by atoms with Crippen LogP contribution in [0.4, 0.5) is 0 Å². The molecule has 0 spiro atoms. The zero-order chi connectivity index (χ0) is 13.6. The highest BCUT2D eigenvalue weighted by Crippen LogP contribution is 2.33. The van der Waals surface area contributed by atoms with Gasteiger partial charge < -0.3 is 5.32 Å². The molecule has 0 aliphatic carbocycles. The molecular formula is C15H23Cl2N. The lowest BCUT2D eigenvalue weighted by molar-refractivity contribution is 0.277. The average molecular weight is 288 g/mol. The molecule has 1 atom stereocenters. The Kier molecular flexibility index (Phi) is 6.48. The average Bonchev–Trinajstić information content (AvgIpc) is 2.33. The largest absolute Gasteiger partial charge is 0.316 e. The van der Waals surface area contributed by atoms with Crippen molar-refractivity contribution in [2.45, 2.75) is 40.0 Å². The molecule has 1 nitrogen and oxygen atoms in total. The number of rotatable bonds is 7. The van der Waals surface area contributed by atoms with Crippen molar-refractivity contribution in [3.63, 3.8) is 0 Å². The van der Waals surface area contributed by atoms with E-state index in [4.69, 9.17) is 23.2 Å². The Morgan fingerprint density at radius 2 is 1.94 bits per heavy atom. The molecule has 1 N–H and O–H groups in total. The summed E-state index contributed by atoms with van der Waals surface area (Å²) in [5, 5.41) is 4.81. The van der Waals surface area contributed by atoms with E-state index in [2.05, 4.69) is 32.2 Å². The topological polar surface area (TPSA) is 12.0 Å². The van der Waals surface area contributed by atoms with Crippen molar-refractivity contribution in [2.24, 2.45) is 5.41 Å². The van der Waals surface area contributed by atoms with E-state index in [1.165, 1.54) is 12.8 Å². The summed E-state index contributed by atoms with van der Waals surface area (Å²) in [6, 6.07) is 5.89. The number of hydrogen-bond donors (Lipinski definition) is 1. The summed E-state index contributed by atoms with van der Waals surface area (Å²) in [5.41, 5.74) is 1.39. The second-order valence-corrected chi connectivity index (χ2v) is 6.02. The highest BCUT2D eigenvalue weighted by Gasteiger charge is 2.24. The quantitative estimate of drug-likeness (QED) is 0.748. The molecule has 0 heterocycles. The van der Waals surface area contributed by atoms with Gasteiger partial charge in [0.15, 0.2) is 0 Å². The molecular weight excluding hydrogens is 265 g/mol. The van der Waals surface area contributed by atoms with E-state index < -0.39 is 0 Å². The molecule has 0 aromatic heterocycles. The number of benzene rings is 1. The van der Waals surface area contributed by atoms with Gasteiger partial charge in [0, 0.05) is 6.54 Å². The summed E-state index contributed by atoms with van der Waals surface area (Å²) in [6.45, 7) is 8.70. The van der Waals surface area contributed by atoms with E-state index in [-0.39, 0.29) is 5.41 Å². The maximum Gasteiger partial charge on any atom is 0.0624 e. The Hall–Kier alpha value is -0.240. The van der Waals surface area contributed by atoms with E-state index in [9.17, 15) is 0 Å². The van der Waals surface area contributed by atoms with Gasteiger partial charge in [-0.1, -0.05) is 62.5 Å². The molecule has 0 saturated carbocycles. The van der Waals surface area contributed by atoms with Crippen LogP contribution in [0.15, 0.2) is 18.2 Å². The van der Waals surface area contributed by atoms with Gasteiger partial charge in [0.25, 0.3) is 0 Å². The summed E-state index contributed by atoms with van der Waals surface area (Å²) in [6.07, 6.45) is 3.33. The zero-order valence-corrected chi connectivity index (χ0v) is 13.0. The second kappa shape index (κ2) is 7.37. The lowest BCUT2D eigenvalue weighted by Crippen LogP contribution is -2.33. The predicted molar refractivity (Wildman–Crippen MR) is 81.7 cm³/mol. The minimum atomic E-state index is 0.235. The molecule has 0 saturated heterocycles. The van der Waals surface area contributed by atoms with Crippen molar-refractivity contribution in [3.8, 4) is 0 Å². The van der Waals surface area contributed by atoms with Crippen molar-refractivity contribution in [1.82, 2.24) is 5.32 Å². The highest BCUT2D eigenvalue weighted by atomic mass is 35.5. The third-order valence-corrected chi connectivity index (χ3v) is 4.16. The van der Waals surface area contributed by atoms with Crippen molar-refractivity contribution in [1.29, 1.82) is 0 Å². The zero-order valence-electron chi connectivity index (χ0n) is 11.5. The Morgan fingerprint density at radius 1 is 1.22 bits per heavy atom. The van der Waals surface area contributed by atoms with Crippen LogP contribution in [-0.2, 0) is 6.42 Å². The van der Waals surface area contributed by atoms with Gasteiger partial charge in [-0.3, -0.25) is 0 Å². The van der Waals surface area contributed by atoms with Crippen LogP contribution in [0.2, 0.25) is 10.0 Å². The van der Waals surface area contributed by atoms with Crippen LogP contribution in [0.25, 0.3) is 0 Å². The lowest BCUT2D eigenvalue weighted by Gasteiger charge is -2.30. The maximum absolute atomic E-state index is 6.28. The molecule has 0 radical (unpaired) electrons. The molecule has 1 aromatic rings. The van der Waals surface area contributed by atoms with Gasteiger partial charge in [0.1, 0.15) is 0 Å². The Bertz CT molecular complexity index is 379. The smallest absolute Gasteiger partial charge is 0.0624 e. The van der Waals surface area contributed by atoms with E-state index >= 15 is 0 Å². The van der Waals surface area contributed by atoms with Crippen molar-refractivity contribution >= 4 is 23.2 Å². The van der Waals surface area contributed by atoms with Crippen LogP contribution in [0.5, 0.6) is 0 Å². The Labute approximate surface area is 121 Å². The molecule has 0 aliphatic rings. The van der Waals surface area contributed by atoms with E-state index in [1.807, 2.05) is 12.1 Å². The van der Waals surface area contributed by atoms with Crippen LogP contribution >= 0.6 is 23.2 Å². The van der Waals surface area contributed by atoms with Gasteiger partial charge in [-0.2, -0.15) is 0 Å². The van der Waals surface area contributed by atoms with Crippen LogP contribution < -0.4 is 5.32 Å². The molecule has 0 amide bonds. The van der Waals surface area contributed by atoms with Crippen LogP contribution in [0, 0.1) is 5.41 Å². The van der Waals surface area contributed by atoms with Crippen LogP contribution in [0.3, 0.4) is 0 Å². The fourth-order valence-electron chi connectivity index (χ4n) is 2.41. The van der Waals surface area contributed by atoms with E-state index in [1.54, 1.807) is 0 Å². The van der Waals surface area contributed by atoms with Gasteiger partial charge in [-0.05, 0) is 36.4 Å². The fourth-order valence-corrected chi connectivity index (χ4v) is 2.80. The predicted octanol–water partition coefficient (Wildman–Crippen LogP) is 4.95. The first kappa shape index (κ1) is 15.8. The molecule has 1 rings (SSSR count). The molecule has 3 heteroatoms. The first-order chi connectivity index (χ1) is 8.52. The highest BCUT2D eigenvalue weighted by molar-refractivity contribution is 6.42. The van der Waals surface area contributed by atoms with Crippen LogP contribution in [-0.4, -0.2) is 13.1 Å². The summed E-state index contributed by atoms with van der Waals surface area (Å²) in [7, 11) is 0. The first-order valence-corrected chi connectivity index (χ1v) is 7.41. The van der Waals surface area contributed by atoms with Crippen molar-refractivity contribution in [2.75, 3.05) is 13.1 Å². The van der Waals surface area contributed by atoms with Gasteiger partial charge in [0.05, 0.1) is 10.0 Å².